The van der Waals surface area contributed by atoms with E-state index in [1.165, 1.54) is 11.1 Å². The predicted octanol–water partition coefficient (Wildman–Crippen LogP) is 4.66. The van der Waals surface area contributed by atoms with E-state index in [2.05, 4.69) is 34.8 Å². The van der Waals surface area contributed by atoms with Crippen molar-refractivity contribution in [3.63, 3.8) is 0 Å². The zero-order chi connectivity index (χ0) is 19.0. The third kappa shape index (κ3) is 3.42. The molecule has 1 aliphatic heterocycles. The number of fused-ring (bicyclic) bond motifs is 1. The van der Waals surface area contributed by atoms with E-state index < -0.39 is 0 Å². The van der Waals surface area contributed by atoms with Gasteiger partial charge in [0.1, 0.15) is 5.82 Å². The molecule has 140 valence electrons. The smallest absolute Gasteiger partial charge is 0.322 e. The third-order valence-electron chi connectivity index (χ3n) is 5.63. The Hall–Kier alpha value is -2.82. The van der Waals surface area contributed by atoms with Gasteiger partial charge in [-0.05, 0) is 69.0 Å². The topological polar surface area (TPSA) is 50.2 Å². The highest BCUT2D eigenvalue weighted by atomic mass is 16.2. The van der Waals surface area contributed by atoms with E-state index in [0.717, 1.165) is 48.5 Å². The van der Waals surface area contributed by atoms with Gasteiger partial charge in [-0.1, -0.05) is 18.2 Å². The van der Waals surface area contributed by atoms with Crippen molar-refractivity contribution in [2.45, 2.75) is 46.2 Å². The summed E-state index contributed by atoms with van der Waals surface area (Å²) in [5.74, 6) is 0.998. The van der Waals surface area contributed by atoms with Crippen LogP contribution in [0.25, 0.3) is 11.0 Å². The number of hydrogen-bond donors (Lipinski definition) is 1. The molecule has 5 nitrogen and oxygen atoms in total. The molecule has 3 aromatic rings. The maximum absolute atomic E-state index is 12.9. The Morgan fingerprint density at radius 3 is 2.78 bits per heavy atom. The molecule has 1 aliphatic rings. The van der Waals surface area contributed by atoms with Crippen LogP contribution >= 0.6 is 0 Å². The fourth-order valence-electron chi connectivity index (χ4n) is 3.94. The van der Waals surface area contributed by atoms with Crippen molar-refractivity contribution in [2.75, 3.05) is 11.9 Å². The number of rotatable bonds is 3. The molecule has 1 atom stereocenters. The lowest BCUT2D eigenvalue weighted by atomic mass is 10.1. The van der Waals surface area contributed by atoms with E-state index in [4.69, 9.17) is 0 Å². The van der Waals surface area contributed by atoms with Crippen LogP contribution in [0.1, 0.15) is 29.8 Å². The minimum Gasteiger partial charge on any atom is -0.326 e. The van der Waals surface area contributed by atoms with Crippen LogP contribution in [0.3, 0.4) is 0 Å². The number of nitrogens with one attached hydrogen (secondary N) is 1. The number of carbonyl (C=O) groups is 1. The molecule has 0 saturated carbocycles. The molecular formula is C22H26N4O. The Labute approximate surface area is 160 Å². The number of aromatic nitrogens is 2. The fourth-order valence-corrected chi connectivity index (χ4v) is 3.94. The van der Waals surface area contributed by atoms with Crippen LogP contribution in [0.15, 0.2) is 42.5 Å². The van der Waals surface area contributed by atoms with E-state index in [9.17, 15) is 4.79 Å². The highest BCUT2D eigenvalue weighted by molar-refractivity contribution is 5.90. The quantitative estimate of drug-likeness (QED) is 0.737. The van der Waals surface area contributed by atoms with E-state index in [-0.39, 0.29) is 12.1 Å². The van der Waals surface area contributed by atoms with Gasteiger partial charge in [0, 0.05) is 18.8 Å². The number of para-hydroxylation sites is 2. The SMILES string of the molecule is Cc1ccc(NC(=O)N2CCC[C@H]2Cn2c(C)nc3ccccc32)cc1C. The number of hydrogen-bond acceptors (Lipinski definition) is 2. The van der Waals surface area contributed by atoms with Crippen molar-refractivity contribution < 1.29 is 4.79 Å². The second-order valence-electron chi connectivity index (χ2n) is 7.48. The molecule has 27 heavy (non-hydrogen) atoms. The molecule has 0 aliphatic carbocycles. The van der Waals surface area contributed by atoms with Gasteiger partial charge in [-0.2, -0.15) is 0 Å². The van der Waals surface area contributed by atoms with Gasteiger partial charge in [-0.25, -0.2) is 9.78 Å². The zero-order valence-electron chi connectivity index (χ0n) is 16.2. The normalized spacial score (nSPS) is 16.9. The standard InChI is InChI=1S/C22H26N4O/c1-15-10-11-18(13-16(15)2)24-22(27)25-12-6-7-19(25)14-26-17(3)23-20-8-4-5-9-21(20)26/h4-5,8-11,13,19H,6-7,12,14H2,1-3H3,(H,24,27)/t19-/m0/s1. The average Bonchev–Trinajstić information content (AvgIpc) is 3.23. The van der Waals surface area contributed by atoms with Crippen LogP contribution in [-0.2, 0) is 6.54 Å². The number of carbonyl (C=O) groups excluding carboxylic acids is 1. The number of imidazole rings is 1. The highest BCUT2D eigenvalue weighted by Gasteiger charge is 2.29. The summed E-state index contributed by atoms with van der Waals surface area (Å²) in [5, 5.41) is 3.08. The van der Waals surface area contributed by atoms with Gasteiger partial charge in [-0.3, -0.25) is 0 Å². The van der Waals surface area contributed by atoms with Gasteiger partial charge in [0.25, 0.3) is 0 Å². The van der Waals surface area contributed by atoms with Crippen LogP contribution in [-0.4, -0.2) is 33.1 Å². The number of nitrogens with zero attached hydrogens (tertiary/aromatic N) is 3. The summed E-state index contributed by atoms with van der Waals surface area (Å²) in [7, 11) is 0. The molecule has 0 bridgehead atoms. The van der Waals surface area contributed by atoms with Crippen LogP contribution in [0.2, 0.25) is 0 Å². The van der Waals surface area contributed by atoms with E-state index in [1.807, 2.05) is 48.2 Å². The van der Waals surface area contributed by atoms with Crippen LogP contribution < -0.4 is 5.32 Å². The Bertz CT molecular complexity index is 991. The molecule has 1 aromatic heterocycles. The summed E-state index contributed by atoms with van der Waals surface area (Å²) in [6.45, 7) is 7.76. The van der Waals surface area contributed by atoms with Crippen molar-refractivity contribution in [2.24, 2.45) is 0 Å². The number of benzene rings is 2. The summed E-state index contributed by atoms with van der Waals surface area (Å²) in [6, 6.07) is 14.4. The maximum atomic E-state index is 12.9. The van der Waals surface area contributed by atoms with E-state index in [0.29, 0.717) is 0 Å². The lowest BCUT2D eigenvalue weighted by molar-refractivity contribution is 0.201. The summed E-state index contributed by atoms with van der Waals surface area (Å²) in [5.41, 5.74) is 5.43. The third-order valence-corrected chi connectivity index (χ3v) is 5.63. The largest absolute Gasteiger partial charge is 0.326 e. The molecule has 0 spiro atoms. The van der Waals surface area contributed by atoms with Gasteiger partial charge in [0.2, 0.25) is 0 Å². The lowest BCUT2D eigenvalue weighted by Crippen LogP contribution is -2.40. The van der Waals surface area contributed by atoms with Gasteiger partial charge in [0.15, 0.2) is 0 Å². The van der Waals surface area contributed by atoms with Gasteiger partial charge in [-0.15, -0.1) is 0 Å². The Kier molecular flexibility index (Phi) is 4.60. The molecule has 5 heteroatoms. The average molecular weight is 362 g/mol. The summed E-state index contributed by atoms with van der Waals surface area (Å²) in [6.07, 6.45) is 2.06. The molecular weight excluding hydrogens is 336 g/mol. The van der Waals surface area contributed by atoms with Crippen molar-refractivity contribution in [3.8, 4) is 0 Å². The predicted molar refractivity (Wildman–Crippen MR) is 109 cm³/mol. The van der Waals surface area contributed by atoms with Crippen molar-refractivity contribution >= 4 is 22.8 Å². The summed E-state index contributed by atoms with van der Waals surface area (Å²) < 4.78 is 2.24. The zero-order valence-corrected chi connectivity index (χ0v) is 16.2. The highest BCUT2D eigenvalue weighted by Crippen LogP contribution is 2.24. The first-order valence-corrected chi connectivity index (χ1v) is 9.59. The number of likely N-dealkylation sites (tertiary alicyclic amines) is 1. The Morgan fingerprint density at radius 2 is 1.96 bits per heavy atom. The second-order valence-corrected chi connectivity index (χ2v) is 7.48. The first-order chi connectivity index (χ1) is 13.0. The molecule has 2 aromatic carbocycles. The summed E-state index contributed by atoms with van der Waals surface area (Å²) >= 11 is 0. The van der Waals surface area contributed by atoms with Gasteiger partial charge >= 0.3 is 6.03 Å². The van der Waals surface area contributed by atoms with E-state index >= 15 is 0 Å². The molecule has 1 fully saturated rings. The summed E-state index contributed by atoms with van der Waals surface area (Å²) in [4.78, 5) is 19.5. The lowest BCUT2D eigenvalue weighted by Gasteiger charge is -2.26. The molecule has 1 saturated heterocycles. The molecule has 0 unspecified atom stereocenters. The monoisotopic (exact) mass is 362 g/mol. The van der Waals surface area contributed by atoms with E-state index in [1.54, 1.807) is 0 Å². The first kappa shape index (κ1) is 17.6. The fraction of sp³-hybridized carbons (Fsp3) is 0.364. The van der Waals surface area contributed by atoms with Crippen molar-refractivity contribution in [3.05, 3.63) is 59.4 Å². The second kappa shape index (κ2) is 7.06. The van der Waals surface area contributed by atoms with Crippen molar-refractivity contribution in [1.82, 2.24) is 14.5 Å². The number of amides is 2. The molecule has 4 rings (SSSR count). The van der Waals surface area contributed by atoms with Crippen LogP contribution in [0.4, 0.5) is 10.5 Å². The number of anilines is 1. The molecule has 1 N–H and O–H groups in total. The van der Waals surface area contributed by atoms with Crippen molar-refractivity contribution in [1.29, 1.82) is 0 Å². The van der Waals surface area contributed by atoms with Crippen LogP contribution in [0.5, 0.6) is 0 Å². The van der Waals surface area contributed by atoms with Gasteiger partial charge < -0.3 is 14.8 Å². The minimum absolute atomic E-state index is 0.0113. The molecule has 2 heterocycles. The molecule has 2 amide bonds. The number of urea groups is 1. The first-order valence-electron chi connectivity index (χ1n) is 9.59. The number of aryl methyl sites for hydroxylation is 3. The molecule has 0 radical (unpaired) electrons. The van der Waals surface area contributed by atoms with Gasteiger partial charge in [0.05, 0.1) is 17.1 Å². The minimum atomic E-state index is -0.0113. The Morgan fingerprint density at radius 1 is 1.15 bits per heavy atom. The maximum Gasteiger partial charge on any atom is 0.322 e. The Balaban J connectivity index is 1.52. The van der Waals surface area contributed by atoms with Crippen LogP contribution in [0, 0.1) is 20.8 Å².